The van der Waals surface area contributed by atoms with Gasteiger partial charge in [-0.2, -0.15) is 0 Å². The molecule has 4 aromatic rings. The van der Waals surface area contributed by atoms with E-state index in [9.17, 15) is 20.0 Å². The van der Waals surface area contributed by atoms with Crippen LogP contribution in [0.3, 0.4) is 0 Å². The van der Waals surface area contributed by atoms with Crippen molar-refractivity contribution in [3.8, 4) is 11.5 Å². The average molecular weight is 456 g/mol. The lowest BCUT2D eigenvalue weighted by Crippen LogP contribution is -2.13. The molecule has 0 aliphatic carbocycles. The zero-order valence-electron chi connectivity index (χ0n) is 18.4. The molecule has 0 saturated heterocycles. The number of azo groups is 1. The van der Waals surface area contributed by atoms with Crippen LogP contribution in [0.5, 0.6) is 11.5 Å². The van der Waals surface area contributed by atoms with Gasteiger partial charge in [-0.3, -0.25) is 14.9 Å². The van der Waals surface area contributed by atoms with Gasteiger partial charge in [-0.05, 0) is 36.1 Å². The molecule has 0 atom stereocenters. The molecule has 9 nitrogen and oxygen atoms in total. The Kier molecular flexibility index (Phi) is 6.18. The van der Waals surface area contributed by atoms with Crippen LogP contribution < -0.4 is 10.1 Å². The van der Waals surface area contributed by atoms with Crippen LogP contribution in [0.25, 0.3) is 10.8 Å². The Balaban J connectivity index is 1.79. The molecular formula is C25H20N4O5. The molecule has 0 bridgehead atoms. The standard InChI is InChI=1S/C25H20N4O5/c1-15-7-3-6-10-20(15)26-25(31)19-13-16-8-4-5-9-18(16)23(24(19)30)28-27-21-12-11-17(29(32)33)14-22(21)34-2/h3-14,30H,1-2H3,(H,26,31)/b28-27+. The molecule has 0 saturated carbocycles. The molecule has 0 aliphatic rings. The minimum atomic E-state index is -0.542. The van der Waals surface area contributed by atoms with Gasteiger partial charge in [-0.15, -0.1) is 10.2 Å². The molecular weight excluding hydrogens is 436 g/mol. The van der Waals surface area contributed by atoms with E-state index < -0.39 is 10.8 Å². The maximum absolute atomic E-state index is 13.0. The highest BCUT2D eigenvalue weighted by Crippen LogP contribution is 2.41. The molecule has 4 aromatic carbocycles. The van der Waals surface area contributed by atoms with Crippen LogP contribution in [-0.4, -0.2) is 23.0 Å². The van der Waals surface area contributed by atoms with E-state index in [0.717, 1.165) is 5.56 Å². The number of nitro benzene ring substituents is 1. The summed E-state index contributed by atoms with van der Waals surface area (Å²) < 4.78 is 5.20. The number of carbonyl (C=O) groups is 1. The first-order valence-electron chi connectivity index (χ1n) is 10.2. The molecule has 170 valence electrons. The quantitative estimate of drug-likeness (QED) is 0.196. The second-order valence-electron chi connectivity index (χ2n) is 7.42. The molecule has 0 unspecified atom stereocenters. The highest BCUT2D eigenvalue weighted by atomic mass is 16.6. The maximum atomic E-state index is 13.0. The highest BCUT2D eigenvalue weighted by Gasteiger charge is 2.19. The molecule has 0 fully saturated rings. The second kappa shape index (κ2) is 9.37. The Morgan fingerprint density at radius 1 is 1.03 bits per heavy atom. The van der Waals surface area contributed by atoms with E-state index in [-0.39, 0.29) is 34.1 Å². The van der Waals surface area contributed by atoms with Gasteiger partial charge in [0.1, 0.15) is 11.4 Å². The largest absolute Gasteiger partial charge is 0.505 e. The third-order valence-electron chi connectivity index (χ3n) is 5.26. The van der Waals surface area contributed by atoms with E-state index in [1.807, 2.05) is 25.1 Å². The number of hydrogen-bond donors (Lipinski definition) is 2. The van der Waals surface area contributed by atoms with Crippen LogP contribution >= 0.6 is 0 Å². The Morgan fingerprint density at radius 2 is 1.76 bits per heavy atom. The number of hydrogen-bond acceptors (Lipinski definition) is 7. The van der Waals surface area contributed by atoms with Crippen LogP contribution in [0, 0.1) is 17.0 Å². The van der Waals surface area contributed by atoms with Crippen molar-refractivity contribution in [3.05, 3.63) is 94.0 Å². The molecule has 4 rings (SSSR count). The maximum Gasteiger partial charge on any atom is 0.273 e. The van der Waals surface area contributed by atoms with Crippen LogP contribution in [0.1, 0.15) is 15.9 Å². The topological polar surface area (TPSA) is 126 Å². The molecule has 2 N–H and O–H groups in total. The van der Waals surface area contributed by atoms with E-state index in [4.69, 9.17) is 4.74 Å². The molecule has 34 heavy (non-hydrogen) atoms. The summed E-state index contributed by atoms with van der Waals surface area (Å²) in [6.07, 6.45) is 0. The third-order valence-corrected chi connectivity index (χ3v) is 5.26. The summed E-state index contributed by atoms with van der Waals surface area (Å²) in [5, 5.41) is 34.4. The van der Waals surface area contributed by atoms with Crippen molar-refractivity contribution in [3.63, 3.8) is 0 Å². The number of aryl methyl sites for hydroxylation is 1. The zero-order valence-corrected chi connectivity index (χ0v) is 18.4. The monoisotopic (exact) mass is 456 g/mol. The Hall–Kier alpha value is -4.79. The van der Waals surface area contributed by atoms with Gasteiger partial charge in [-0.1, -0.05) is 42.5 Å². The Morgan fingerprint density at radius 3 is 2.50 bits per heavy atom. The van der Waals surface area contributed by atoms with E-state index >= 15 is 0 Å². The van der Waals surface area contributed by atoms with Crippen LogP contribution in [0.15, 0.2) is 83.0 Å². The minimum absolute atomic E-state index is 0.0339. The molecule has 0 aliphatic heterocycles. The predicted octanol–water partition coefficient (Wildman–Crippen LogP) is 6.44. The van der Waals surface area contributed by atoms with E-state index in [2.05, 4.69) is 15.5 Å². The number of non-ortho nitro benzene ring substituents is 1. The van der Waals surface area contributed by atoms with Crippen molar-refractivity contribution in [2.75, 3.05) is 12.4 Å². The lowest BCUT2D eigenvalue weighted by atomic mass is 10.0. The number of phenolic OH excluding ortho intramolecular Hbond substituents is 1. The summed E-state index contributed by atoms with van der Waals surface area (Å²) >= 11 is 0. The number of rotatable bonds is 6. The number of nitrogens with one attached hydrogen (secondary N) is 1. The summed E-state index contributed by atoms with van der Waals surface area (Å²) in [7, 11) is 1.36. The van der Waals surface area contributed by atoms with Crippen LogP contribution in [0.2, 0.25) is 0 Å². The van der Waals surface area contributed by atoms with Gasteiger partial charge in [0.2, 0.25) is 0 Å². The van der Waals surface area contributed by atoms with E-state index in [1.54, 1.807) is 36.4 Å². The second-order valence-corrected chi connectivity index (χ2v) is 7.42. The van der Waals surface area contributed by atoms with Gasteiger partial charge >= 0.3 is 0 Å². The number of amides is 1. The minimum Gasteiger partial charge on any atom is -0.505 e. The number of phenols is 1. The number of methoxy groups -OCH3 is 1. The molecule has 0 radical (unpaired) electrons. The fourth-order valence-corrected chi connectivity index (χ4v) is 3.46. The Bertz CT molecular complexity index is 1450. The number of para-hydroxylation sites is 1. The van der Waals surface area contributed by atoms with Crippen LogP contribution in [-0.2, 0) is 0 Å². The van der Waals surface area contributed by atoms with Gasteiger partial charge in [0.05, 0.1) is 23.7 Å². The molecule has 0 spiro atoms. The van der Waals surface area contributed by atoms with Gasteiger partial charge in [-0.25, -0.2) is 0 Å². The predicted molar refractivity (Wildman–Crippen MR) is 129 cm³/mol. The van der Waals surface area contributed by atoms with Crippen molar-refractivity contribution in [1.29, 1.82) is 0 Å². The molecule has 9 heteroatoms. The summed E-state index contributed by atoms with van der Waals surface area (Å²) in [6.45, 7) is 1.87. The average Bonchev–Trinajstić information content (AvgIpc) is 2.84. The number of carbonyl (C=O) groups excluding carboxylic acids is 1. The molecule has 1 amide bonds. The van der Waals surface area contributed by atoms with Gasteiger partial charge in [0, 0.05) is 17.1 Å². The van der Waals surface area contributed by atoms with Crippen molar-refractivity contribution in [2.24, 2.45) is 10.2 Å². The van der Waals surface area contributed by atoms with E-state index in [0.29, 0.717) is 16.5 Å². The normalized spacial score (nSPS) is 11.0. The summed E-state index contributed by atoms with van der Waals surface area (Å²) in [6, 6.07) is 19.9. The molecule has 0 heterocycles. The van der Waals surface area contributed by atoms with Gasteiger partial charge in [0.15, 0.2) is 11.5 Å². The number of nitro groups is 1. The molecule has 0 aromatic heterocycles. The first-order chi connectivity index (χ1) is 16.4. The fraction of sp³-hybridized carbons (Fsp3) is 0.0800. The summed E-state index contributed by atoms with van der Waals surface area (Å²) in [4.78, 5) is 23.5. The number of anilines is 1. The first-order valence-corrected chi connectivity index (χ1v) is 10.2. The zero-order chi connectivity index (χ0) is 24.2. The van der Waals surface area contributed by atoms with E-state index in [1.165, 1.54) is 25.3 Å². The smallest absolute Gasteiger partial charge is 0.273 e. The number of benzene rings is 4. The third kappa shape index (κ3) is 4.40. The SMILES string of the molecule is COc1cc([N+](=O)[O-])ccc1/N=N/c1c(O)c(C(=O)Nc2ccccc2C)cc2ccccc12. The van der Waals surface area contributed by atoms with Gasteiger partial charge in [0.25, 0.3) is 11.6 Å². The fourth-order valence-electron chi connectivity index (χ4n) is 3.46. The summed E-state index contributed by atoms with van der Waals surface area (Å²) in [5.41, 5.74) is 1.70. The van der Waals surface area contributed by atoms with Crippen LogP contribution in [0.4, 0.5) is 22.7 Å². The number of aromatic hydroxyl groups is 1. The highest BCUT2D eigenvalue weighted by molar-refractivity contribution is 6.11. The number of nitrogens with zero attached hydrogens (tertiary/aromatic N) is 3. The lowest BCUT2D eigenvalue weighted by Gasteiger charge is -2.12. The lowest BCUT2D eigenvalue weighted by molar-refractivity contribution is -0.384. The van der Waals surface area contributed by atoms with Crippen molar-refractivity contribution < 1.29 is 19.6 Å². The van der Waals surface area contributed by atoms with Crippen molar-refractivity contribution in [1.82, 2.24) is 0 Å². The Labute approximate surface area is 194 Å². The van der Waals surface area contributed by atoms with Gasteiger partial charge < -0.3 is 15.2 Å². The van der Waals surface area contributed by atoms with Crippen molar-refractivity contribution >= 4 is 39.4 Å². The first kappa shape index (κ1) is 22.4. The summed E-state index contributed by atoms with van der Waals surface area (Å²) in [5.74, 6) is -0.688. The van der Waals surface area contributed by atoms with Crippen molar-refractivity contribution in [2.45, 2.75) is 6.92 Å². The number of fused-ring (bicyclic) bond motifs is 1. The number of ether oxygens (including phenoxy) is 1.